The molecule has 10 heteroatoms. The number of imidazole rings is 1. The van der Waals surface area contributed by atoms with Crippen molar-refractivity contribution in [1.82, 2.24) is 29.5 Å². The first-order valence-electron chi connectivity index (χ1n) is 9.94. The summed E-state index contributed by atoms with van der Waals surface area (Å²) in [5, 5.41) is 3.31. The minimum absolute atomic E-state index is 0.0269. The number of fused-ring (bicyclic) bond motifs is 2. The summed E-state index contributed by atoms with van der Waals surface area (Å²) in [6.07, 6.45) is 3.38. The molecule has 0 radical (unpaired) electrons. The van der Waals surface area contributed by atoms with Gasteiger partial charge in [-0.2, -0.15) is 0 Å². The molecule has 5 rings (SSSR count). The van der Waals surface area contributed by atoms with Crippen molar-refractivity contribution in [2.45, 2.75) is 19.4 Å². The highest BCUT2D eigenvalue weighted by Gasteiger charge is 2.23. The Morgan fingerprint density at radius 2 is 1.97 bits per heavy atom. The van der Waals surface area contributed by atoms with E-state index in [4.69, 9.17) is 0 Å². The lowest BCUT2D eigenvalue weighted by molar-refractivity contribution is 0.598. The van der Waals surface area contributed by atoms with Gasteiger partial charge < -0.3 is 10.3 Å². The zero-order chi connectivity index (χ0) is 22.2. The lowest BCUT2D eigenvalue weighted by Crippen LogP contribution is -2.29. The van der Waals surface area contributed by atoms with E-state index in [-0.39, 0.29) is 16.9 Å². The third-order valence-corrected chi connectivity index (χ3v) is 5.20. The zero-order valence-corrected chi connectivity index (χ0v) is 16.9. The number of anilines is 1. The Kier molecular flexibility index (Phi) is 4.81. The van der Waals surface area contributed by atoms with Crippen LogP contribution in [0.5, 0.6) is 0 Å². The van der Waals surface area contributed by atoms with Gasteiger partial charge in [0, 0.05) is 0 Å². The van der Waals surface area contributed by atoms with Crippen LogP contribution in [0.3, 0.4) is 0 Å². The van der Waals surface area contributed by atoms with E-state index in [0.717, 1.165) is 6.07 Å². The van der Waals surface area contributed by atoms with E-state index in [1.165, 1.54) is 47.6 Å². The largest absolute Gasteiger partial charge is 0.358 e. The van der Waals surface area contributed by atoms with Crippen LogP contribution in [-0.2, 0) is 0 Å². The maximum atomic E-state index is 14.8. The first-order chi connectivity index (χ1) is 15.6. The first-order valence-corrected chi connectivity index (χ1v) is 9.94. The van der Waals surface area contributed by atoms with Crippen LogP contribution in [0, 0.1) is 11.6 Å². The van der Waals surface area contributed by atoms with Crippen molar-refractivity contribution in [1.29, 1.82) is 0 Å². The Hall–Kier alpha value is -4.21. The Morgan fingerprint density at radius 1 is 1.12 bits per heavy atom. The number of nitrogens with one attached hydrogen (secondary N) is 2. The van der Waals surface area contributed by atoms with Gasteiger partial charge in [0.1, 0.15) is 29.3 Å². The van der Waals surface area contributed by atoms with Gasteiger partial charge in [-0.25, -0.2) is 28.7 Å². The lowest BCUT2D eigenvalue weighted by Gasteiger charge is -2.22. The summed E-state index contributed by atoms with van der Waals surface area (Å²) in [5.74, 6) is -0.461. The highest BCUT2D eigenvalue weighted by Crippen LogP contribution is 2.26. The average Bonchev–Trinajstić information content (AvgIpc) is 3.28. The summed E-state index contributed by atoms with van der Waals surface area (Å²) in [6, 6.07) is 9.13. The molecule has 3 aromatic heterocycles. The number of para-hydroxylation sites is 1. The smallest absolute Gasteiger partial charge is 0.266 e. The highest BCUT2D eigenvalue weighted by molar-refractivity contribution is 5.82. The van der Waals surface area contributed by atoms with Crippen LogP contribution in [0.15, 0.2) is 59.9 Å². The van der Waals surface area contributed by atoms with Crippen LogP contribution < -0.4 is 10.9 Å². The van der Waals surface area contributed by atoms with Crippen molar-refractivity contribution in [3.8, 4) is 5.69 Å². The molecule has 0 bridgehead atoms. The maximum absolute atomic E-state index is 14.8. The Labute approximate surface area is 180 Å². The Morgan fingerprint density at radius 3 is 2.78 bits per heavy atom. The van der Waals surface area contributed by atoms with E-state index in [1.807, 2.05) is 6.92 Å². The second-order valence-corrected chi connectivity index (χ2v) is 7.15. The Bertz CT molecular complexity index is 1510. The number of hydrogen-bond acceptors (Lipinski definition) is 6. The second-order valence-electron chi connectivity index (χ2n) is 7.15. The predicted octanol–water partition coefficient (Wildman–Crippen LogP) is 3.89. The van der Waals surface area contributed by atoms with Crippen molar-refractivity contribution in [2.24, 2.45) is 0 Å². The summed E-state index contributed by atoms with van der Waals surface area (Å²) in [5.41, 5.74) is 0.840. The maximum Gasteiger partial charge on any atom is 0.266 e. The van der Waals surface area contributed by atoms with Gasteiger partial charge in [-0.15, -0.1) is 0 Å². The molecule has 3 heterocycles. The predicted molar refractivity (Wildman–Crippen MR) is 116 cm³/mol. The monoisotopic (exact) mass is 433 g/mol. The molecule has 1 atom stereocenters. The number of nitrogens with zero attached hydrogens (tertiary/aromatic N) is 5. The molecule has 1 unspecified atom stereocenters. The summed E-state index contributed by atoms with van der Waals surface area (Å²) >= 11 is 0. The molecule has 32 heavy (non-hydrogen) atoms. The number of hydrogen-bond donors (Lipinski definition) is 2. The molecule has 2 aromatic carbocycles. The van der Waals surface area contributed by atoms with Gasteiger partial charge in [0.15, 0.2) is 11.5 Å². The van der Waals surface area contributed by atoms with Gasteiger partial charge in [-0.3, -0.25) is 9.36 Å². The van der Waals surface area contributed by atoms with E-state index in [1.54, 1.807) is 6.07 Å². The van der Waals surface area contributed by atoms with E-state index >= 15 is 0 Å². The molecule has 0 aliphatic rings. The van der Waals surface area contributed by atoms with Crippen LogP contribution in [0.2, 0.25) is 0 Å². The lowest BCUT2D eigenvalue weighted by atomic mass is 10.1. The third kappa shape index (κ3) is 3.25. The zero-order valence-electron chi connectivity index (χ0n) is 16.9. The number of H-pyrrole nitrogens is 1. The molecule has 0 aliphatic carbocycles. The molecule has 0 aliphatic heterocycles. The van der Waals surface area contributed by atoms with Gasteiger partial charge in [0.2, 0.25) is 0 Å². The normalized spacial score (nSPS) is 12.3. The Balaban J connectivity index is 1.75. The second kappa shape index (κ2) is 7.80. The molecule has 0 saturated carbocycles. The van der Waals surface area contributed by atoms with E-state index in [9.17, 15) is 13.6 Å². The summed E-state index contributed by atoms with van der Waals surface area (Å²) in [6.45, 7) is 1.90. The van der Waals surface area contributed by atoms with Crippen molar-refractivity contribution in [3.05, 3.63) is 82.9 Å². The van der Waals surface area contributed by atoms with Crippen LogP contribution in [0.4, 0.5) is 14.6 Å². The fourth-order valence-corrected chi connectivity index (χ4v) is 3.66. The highest BCUT2D eigenvalue weighted by atomic mass is 19.1. The molecule has 0 spiro atoms. The number of aromatic amines is 1. The van der Waals surface area contributed by atoms with E-state index in [0.29, 0.717) is 28.9 Å². The van der Waals surface area contributed by atoms with Crippen LogP contribution in [-0.4, -0.2) is 29.5 Å². The van der Waals surface area contributed by atoms with Crippen molar-refractivity contribution in [3.63, 3.8) is 0 Å². The number of aromatic nitrogens is 6. The third-order valence-electron chi connectivity index (χ3n) is 5.20. The SMILES string of the molecule is CCC(Nc1ncnc2[nH]cnc12)c1nc2ccc(F)cc2c(=O)n1-c1ccccc1F. The van der Waals surface area contributed by atoms with Crippen LogP contribution in [0.25, 0.3) is 27.8 Å². The molecular formula is C22H17F2N7O. The molecule has 160 valence electrons. The molecule has 0 fully saturated rings. The van der Waals surface area contributed by atoms with Crippen molar-refractivity contribution in [2.75, 3.05) is 5.32 Å². The average molecular weight is 433 g/mol. The van der Waals surface area contributed by atoms with Crippen LogP contribution in [0.1, 0.15) is 25.2 Å². The topological polar surface area (TPSA) is 101 Å². The van der Waals surface area contributed by atoms with Crippen molar-refractivity contribution < 1.29 is 8.78 Å². The van der Waals surface area contributed by atoms with E-state index in [2.05, 4.69) is 30.2 Å². The van der Waals surface area contributed by atoms with Crippen molar-refractivity contribution >= 4 is 27.9 Å². The first kappa shape index (κ1) is 19.7. The number of benzene rings is 2. The molecule has 0 saturated heterocycles. The van der Waals surface area contributed by atoms with Gasteiger partial charge in [0.25, 0.3) is 5.56 Å². The van der Waals surface area contributed by atoms with E-state index < -0.39 is 23.2 Å². The summed E-state index contributed by atoms with van der Waals surface area (Å²) in [7, 11) is 0. The van der Waals surface area contributed by atoms with Gasteiger partial charge >= 0.3 is 0 Å². The molecule has 0 amide bonds. The number of rotatable bonds is 5. The summed E-state index contributed by atoms with van der Waals surface area (Å²) in [4.78, 5) is 33.6. The minimum atomic E-state index is -0.597. The van der Waals surface area contributed by atoms with Gasteiger partial charge in [-0.05, 0) is 36.8 Å². The molecule has 8 nitrogen and oxygen atoms in total. The number of halogens is 2. The van der Waals surface area contributed by atoms with Gasteiger partial charge in [-0.1, -0.05) is 19.1 Å². The molecule has 2 N–H and O–H groups in total. The fourth-order valence-electron chi connectivity index (χ4n) is 3.66. The molecule has 5 aromatic rings. The standard InChI is InChI=1S/C22H17F2N7O/c1-2-15(29-20-18-19(26-10-25-18)27-11-28-20)21-30-16-8-7-12(23)9-13(16)22(32)31(21)17-6-4-3-5-14(17)24/h3-11,15H,2H2,1H3,(H2,25,26,27,28,29). The molecular weight excluding hydrogens is 416 g/mol. The summed E-state index contributed by atoms with van der Waals surface area (Å²) < 4.78 is 29.8. The minimum Gasteiger partial charge on any atom is -0.358 e. The van der Waals surface area contributed by atoms with Gasteiger partial charge in [0.05, 0.1) is 29.0 Å². The quantitative estimate of drug-likeness (QED) is 0.436. The fraction of sp³-hybridized carbons (Fsp3) is 0.136. The van der Waals surface area contributed by atoms with Crippen LogP contribution >= 0.6 is 0 Å².